The maximum atomic E-state index is 13.0. The molecule has 0 saturated heterocycles. The molecule has 2 atom stereocenters. The van der Waals surface area contributed by atoms with E-state index in [1.54, 1.807) is 11.8 Å². The molecule has 3 aromatic carbocycles. The second-order valence-electron chi connectivity index (χ2n) is 9.06. The molecule has 2 aliphatic heterocycles. The van der Waals surface area contributed by atoms with Crippen molar-refractivity contribution in [3.05, 3.63) is 117 Å². The van der Waals surface area contributed by atoms with Gasteiger partial charge in [-0.2, -0.15) is 0 Å². The first-order valence-corrected chi connectivity index (χ1v) is 12.5. The monoisotopic (exact) mass is 479 g/mol. The fourth-order valence-electron chi connectivity index (χ4n) is 5.08. The van der Waals surface area contributed by atoms with E-state index in [9.17, 15) is 4.79 Å². The predicted octanol–water partition coefficient (Wildman–Crippen LogP) is 5.88. The number of anilines is 1. The standard InChI is InChI=1S/C29H25N3O2S/c1-16-12-26(30)32-17(2)25(16)15-31-29(33)18-8-10-21-23(13-18)27-22-11-9-20(14-24(22)28(21)34-27)35-19-6-4-3-5-7-19/h3-14,27-28H,15H2,1-2H3,(H2,30,32)(H,31,33). The van der Waals surface area contributed by atoms with Crippen LogP contribution in [0.25, 0.3) is 0 Å². The molecule has 0 saturated carbocycles. The maximum Gasteiger partial charge on any atom is 0.251 e. The lowest BCUT2D eigenvalue weighted by Crippen LogP contribution is -2.24. The summed E-state index contributed by atoms with van der Waals surface area (Å²) in [5.41, 5.74) is 14.0. The second kappa shape index (κ2) is 8.56. The van der Waals surface area contributed by atoms with Crippen molar-refractivity contribution in [2.45, 2.75) is 42.4 Å². The number of rotatable bonds is 5. The van der Waals surface area contributed by atoms with Crippen molar-refractivity contribution >= 4 is 23.5 Å². The Morgan fingerprint density at radius 2 is 1.63 bits per heavy atom. The van der Waals surface area contributed by atoms with Crippen LogP contribution in [0.4, 0.5) is 5.82 Å². The Labute approximate surface area is 208 Å². The third-order valence-electron chi connectivity index (χ3n) is 6.79. The van der Waals surface area contributed by atoms with E-state index >= 15 is 0 Å². The number of carbonyl (C=O) groups is 1. The van der Waals surface area contributed by atoms with Crippen LogP contribution in [0.15, 0.2) is 82.6 Å². The van der Waals surface area contributed by atoms with Crippen LogP contribution in [0.2, 0.25) is 0 Å². The van der Waals surface area contributed by atoms with E-state index in [-0.39, 0.29) is 18.1 Å². The first-order valence-electron chi connectivity index (χ1n) is 11.6. The molecule has 0 spiro atoms. The van der Waals surface area contributed by atoms with Crippen LogP contribution in [0, 0.1) is 13.8 Å². The summed E-state index contributed by atoms with van der Waals surface area (Å²) in [4.78, 5) is 19.7. The Morgan fingerprint density at radius 1 is 0.914 bits per heavy atom. The molecule has 5 nitrogen and oxygen atoms in total. The van der Waals surface area contributed by atoms with Gasteiger partial charge in [0.2, 0.25) is 0 Å². The van der Waals surface area contributed by atoms with Crippen molar-refractivity contribution < 1.29 is 9.53 Å². The van der Waals surface area contributed by atoms with Gasteiger partial charge in [0, 0.05) is 27.6 Å². The quantitative estimate of drug-likeness (QED) is 0.374. The Morgan fingerprint density at radius 3 is 2.37 bits per heavy atom. The summed E-state index contributed by atoms with van der Waals surface area (Å²) in [6, 6.07) is 24.7. The molecule has 0 aliphatic carbocycles. The lowest BCUT2D eigenvalue weighted by atomic mass is 9.85. The molecular formula is C29H25N3O2S. The van der Waals surface area contributed by atoms with Crippen molar-refractivity contribution in [3.8, 4) is 0 Å². The maximum absolute atomic E-state index is 13.0. The number of amides is 1. The van der Waals surface area contributed by atoms with Crippen LogP contribution < -0.4 is 11.1 Å². The van der Waals surface area contributed by atoms with Gasteiger partial charge in [-0.3, -0.25) is 4.79 Å². The fourth-order valence-corrected chi connectivity index (χ4v) is 5.97. The topological polar surface area (TPSA) is 77.2 Å². The van der Waals surface area contributed by atoms with E-state index in [1.165, 1.54) is 20.9 Å². The average molecular weight is 480 g/mol. The highest BCUT2D eigenvalue weighted by atomic mass is 32.2. The third-order valence-corrected chi connectivity index (χ3v) is 7.79. The molecular weight excluding hydrogens is 454 g/mol. The van der Waals surface area contributed by atoms with Gasteiger partial charge < -0.3 is 15.8 Å². The molecule has 3 heterocycles. The summed E-state index contributed by atoms with van der Waals surface area (Å²) in [6.07, 6.45) is -0.205. The number of fused-ring (bicyclic) bond motifs is 8. The third kappa shape index (κ3) is 3.89. The Balaban J connectivity index is 1.21. The molecule has 1 aromatic heterocycles. The number of nitrogens with one attached hydrogen (secondary N) is 1. The number of nitrogens with zero attached hydrogens (tertiary/aromatic N) is 1. The lowest BCUT2D eigenvalue weighted by Gasteiger charge is -2.18. The van der Waals surface area contributed by atoms with Crippen LogP contribution >= 0.6 is 11.8 Å². The van der Waals surface area contributed by atoms with E-state index in [1.807, 2.05) is 44.2 Å². The Kier molecular flexibility index (Phi) is 5.35. The number of pyridine rings is 1. The van der Waals surface area contributed by atoms with Gasteiger partial charge in [-0.15, -0.1) is 0 Å². The molecule has 1 amide bonds. The van der Waals surface area contributed by atoms with E-state index in [2.05, 4.69) is 52.8 Å². The minimum Gasteiger partial charge on any atom is -0.384 e. The number of aryl methyl sites for hydroxylation is 2. The lowest BCUT2D eigenvalue weighted by molar-refractivity contribution is 0.0857. The minimum atomic E-state index is -0.126. The van der Waals surface area contributed by atoms with Gasteiger partial charge in [-0.05, 0) is 89.7 Å². The van der Waals surface area contributed by atoms with E-state index < -0.39 is 0 Å². The zero-order valence-corrected chi connectivity index (χ0v) is 20.4. The summed E-state index contributed by atoms with van der Waals surface area (Å²) in [7, 11) is 0. The summed E-state index contributed by atoms with van der Waals surface area (Å²) < 4.78 is 6.36. The first kappa shape index (κ1) is 21.9. The highest BCUT2D eigenvalue weighted by Crippen LogP contribution is 2.55. The van der Waals surface area contributed by atoms with E-state index in [0.717, 1.165) is 27.9 Å². The second-order valence-corrected chi connectivity index (χ2v) is 10.2. The zero-order valence-electron chi connectivity index (χ0n) is 19.5. The smallest absolute Gasteiger partial charge is 0.251 e. The van der Waals surface area contributed by atoms with Crippen molar-refractivity contribution in [1.82, 2.24) is 10.3 Å². The highest BCUT2D eigenvalue weighted by Gasteiger charge is 2.43. The molecule has 3 N–H and O–H groups in total. The highest BCUT2D eigenvalue weighted by molar-refractivity contribution is 7.99. The number of nitrogen functional groups attached to an aromatic ring is 1. The van der Waals surface area contributed by atoms with Crippen LogP contribution in [0.3, 0.4) is 0 Å². The van der Waals surface area contributed by atoms with Gasteiger partial charge in [0.15, 0.2) is 0 Å². The van der Waals surface area contributed by atoms with Crippen molar-refractivity contribution in [2.24, 2.45) is 0 Å². The summed E-state index contributed by atoms with van der Waals surface area (Å²) in [6.45, 7) is 4.31. The summed E-state index contributed by atoms with van der Waals surface area (Å²) >= 11 is 1.76. The van der Waals surface area contributed by atoms with E-state index in [0.29, 0.717) is 17.9 Å². The molecule has 35 heavy (non-hydrogen) atoms. The summed E-state index contributed by atoms with van der Waals surface area (Å²) in [5.74, 6) is 0.385. The average Bonchev–Trinajstić information content (AvgIpc) is 3.41. The van der Waals surface area contributed by atoms with Gasteiger partial charge >= 0.3 is 0 Å². The van der Waals surface area contributed by atoms with Gasteiger partial charge in [0.05, 0.1) is 0 Å². The van der Waals surface area contributed by atoms with Gasteiger partial charge in [0.1, 0.15) is 18.0 Å². The molecule has 6 heteroatoms. The number of hydrogen-bond acceptors (Lipinski definition) is 5. The molecule has 2 aliphatic rings. The van der Waals surface area contributed by atoms with Crippen LogP contribution in [0.1, 0.15) is 61.6 Å². The first-order chi connectivity index (χ1) is 17.0. The normalized spacial score (nSPS) is 17.2. The van der Waals surface area contributed by atoms with Crippen molar-refractivity contribution in [1.29, 1.82) is 0 Å². The molecule has 2 unspecified atom stereocenters. The molecule has 0 radical (unpaired) electrons. The van der Waals surface area contributed by atoms with E-state index in [4.69, 9.17) is 10.5 Å². The van der Waals surface area contributed by atoms with Crippen molar-refractivity contribution in [3.63, 3.8) is 0 Å². The summed E-state index contributed by atoms with van der Waals surface area (Å²) in [5, 5.41) is 3.04. The van der Waals surface area contributed by atoms with Crippen LogP contribution in [-0.2, 0) is 11.3 Å². The number of aromatic nitrogens is 1. The molecule has 0 fully saturated rings. The fraction of sp³-hybridized carbons (Fsp3) is 0.172. The number of carbonyl (C=O) groups excluding carboxylic acids is 1. The minimum absolute atomic E-state index is 0.0791. The molecule has 4 aromatic rings. The molecule has 2 bridgehead atoms. The number of hydrogen-bond donors (Lipinski definition) is 2. The van der Waals surface area contributed by atoms with Crippen molar-refractivity contribution in [2.75, 3.05) is 5.73 Å². The van der Waals surface area contributed by atoms with Gasteiger partial charge in [-0.1, -0.05) is 42.1 Å². The number of ether oxygens (including phenoxy) is 1. The SMILES string of the molecule is Cc1cc(N)nc(C)c1CNC(=O)c1ccc2c(c1)C1OC2c2cc(Sc3ccccc3)ccc21. The number of nitrogens with two attached hydrogens (primary N) is 1. The Hall–Kier alpha value is -3.61. The number of benzene rings is 3. The zero-order chi connectivity index (χ0) is 24.1. The van der Waals surface area contributed by atoms with Crippen LogP contribution in [0.5, 0.6) is 0 Å². The largest absolute Gasteiger partial charge is 0.384 e. The van der Waals surface area contributed by atoms with Gasteiger partial charge in [0.25, 0.3) is 5.91 Å². The predicted molar refractivity (Wildman–Crippen MR) is 138 cm³/mol. The Bertz CT molecular complexity index is 1450. The molecule has 174 valence electrons. The van der Waals surface area contributed by atoms with Crippen LogP contribution in [-0.4, -0.2) is 10.9 Å². The molecule has 6 rings (SSSR count). The van der Waals surface area contributed by atoms with Gasteiger partial charge in [-0.25, -0.2) is 4.98 Å².